The lowest BCUT2D eigenvalue weighted by atomic mass is 9.97. The Morgan fingerprint density at radius 3 is 2.41 bits per heavy atom. The summed E-state index contributed by atoms with van der Waals surface area (Å²) in [6.07, 6.45) is 7.88. The molecule has 0 saturated heterocycles. The van der Waals surface area contributed by atoms with Crippen molar-refractivity contribution in [2.75, 3.05) is 19.6 Å². The van der Waals surface area contributed by atoms with Crippen LogP contribution in [0.15, 0.2) is 40.8 Å². The number of allylic oxidation sites excluding steroid dienone is 1. The normalized spacial score (nSPS) is 14.9. The zero-order valence-electron chi connectivity index (χ0n) is 16.7. The van der Waals surface area contributed by atoms with Crippen LogP contribution in [0.1, 0.15) is 64.4 Å². The highest BCUT2D eigenvalue weighted by Gasteiger charge is 2.16. The maximum atomic E-state index is 12.4. The van der Waals surface area contributed by atoms with E-state index in [1.807, 2.05) is 12.1 Å². The molecule has 150 valence electrons. The molecule has 1 amide bonds. The lowest BCUT2D eigenvalue weighted by Crippen LogP contribution is -2.38. The molecule has 0 radical (unpaired) electrons. The number of benzene rings is 1. The summed E-state index contributed by atoms with van der Waals surface area (Å²) >= 11 is 0. The van der Waals surface area contributed by atoms with Gasteiger partial charge in [-0.3, -0.25) is 4.79 Å². The quantitative estimate of drug-likeness (QED) is 0.650. The molecule has 1 aromatic carbocycles. The van der Waals surface area contributed by atoms with Crippen LogP contribution in [0.25, 0.3) is 0 Å². The van der Waals surface area contributed by atoms with E-state index in [1.165, 1.54) is 25.3 Å². The summed E-state index contributed by atoms with van der Waals surface area (Å²) in [4.78, 5) is 13.9. The molecule has 5 nitrogen and oxygen atoms in total. The molecule has 27 heavy (non-hydrogen) atoms. The molecule has 0 heterocycles. The molecule has 2 rings (SSSR count). The van der Waals surface area contributed by atoms with Crippen LogP contribution in [-0.2, 0) is 14.8 Å². The van der Waals surface area contributed by atoms with Crippen molar-refractivity contribution in [1.29, 1.82) is 0 Å². The fourth-order valence-electron chi connectivity index (χ4n) is 3.27. The molecule has 0 aliphatic heterocycles. The fourth-order valence-corrected chi connectivity index (χ4v) is 4.29. The third kappa shape index (κ3) is 6.78. The monoisotopic (exact) mass is 392 g/mol. The van der Waals surface area contributed by atoms with Crippen molar-refractivity contribution in [2.24, 2.45) is 0 Å². The second-order valence-electron chi connectivity index (χ2n) is 7.49. The number of carbonyl (C=O) groups excluding carboxylic acids is 1. The minimum Gasteiger partial charge on any atom is -0.341 e. The summed E-state index contributed by atoms with van der Waals surface area (Å²) in [6.45, 7) is 6.92. The van der Waals surface area contributed by atoms with Crippen molar-refractivity contribution < 1.29 is 13.2 Å². The molecule has 0 aromatic heterocycles. The van der Waals surface area contributed by atoms with Gasteiger partial charge in [0.15, 0.2) is 0 Å². The van der Waals surface area contributed by atoms with Gasteiger partial charge in [0.1, 0.15) is 0 Å². The van der Waals surface area contributed by atoms with Crippen LogP contribution in [0.2, 0.25) is 0 Å². The van der Waals surface area contributed by atoms with Crippen LogP contribution in [0.4, 0.5) is 0 Å². The third-order valence-electron chi connectivity index (χ3n) is 5.06. The maximum absolute atomic E-state index is 12.4. The summed E-state index contributed by atoms with van der Waals surface area (Å²) in [6, 6.07) is 6.96. The zero-order valence-corrected chi connectivity index (χ0v) is 17.5. The van der Waals surface area contributed by atoms with Crippen LogP contribution in [0, 0.1) is 0 Å². The topological polar surface area (TPSA) is 66.5 Å². The van der Waals surface area contributed by atoms with Crippen LogP contribution >= 0.6 is 0 Å². The smallest absolute Gasteiger partial charge is 0.240 e. The highest BCUT2D eigenvalue weighted by Crippen LogP contribution is 2.20. The molecule has 0 fully saturated rings. The first-order valence-corrected chi connectivity index (χ1v) is 11.3. The van der Waals surface area contributed by atoms with Crippen molar-refractivity contribution in [2.45, 2.75) is 63.7 Å². The molecular formula is C21H32N2O3S. The van der Waals surface area contributed by atoms with Crippen molar-refractivity contribution in [3.63, 3.8) is 0 Å². The Kier molecular flexibility index (Phi) is 8.05. The summed E-state index contributed by atoms with van der Waals surface area (Å²) in [5, 5.41) is 0. The predicted octanol–water partition coefficient (Wildman–Crippen LogP) is 3.83. The van der Waals surface area contributed by atoms with Crippen LogP contribution in [0.3, 0.4) is 0 Å². The van der Waals surface area contributed by atoms with Gasteiger partial charge in [-0.25, -0.2) is 13.1 Å². The van der Waals surface area contributed by atoms with Crippen molar-refractivity contribution in [3.05, 3.63) is 41.5 Å². The van der Waals surface area contributed by atoms with Gasteiger partial charge in [-0.15, -0.1) is 0 Å². The SMILES string of the molecule is CC(=O)N(CCNS(=O)(=O)c1ccc(C(C)C)cc1)CCC1=CCCCC1. The Labute approximate surface area is 163 Å². The number of nitrogens with zero attached hydrogens (tertiary/aromatic N) is 1. The van der Waals surface area contributed by atoms with E-state index in [0.29, 0.717) is 19.0 Å². The van der Waals surface area contributed by atoms with Crippen molar-refractivity contribution >= 4 is 15.9 Å². The molecule has 0 saturated carbocycles. The Morgan fingerprint density at radius 2 is 1.85 bits per heavy atom. The second kappa shape index (κ2) is 10.0. The van der Waals surface area contributed by atoms with E-state index < -0.39 is 10.0 Å². The second-order valence-corrected chi connectivity index (χ2v) is 9.25. The number of hydrogen-bond donors (Lipinski definition) is 1. The Balaban J connectivity index is 1.87. The van der Waals surface area contributed by atoms with Gasteiger partial charge in [0.2, 0.25) is 15.9 Å². The minimum atomic E-state index is -3.56. The van der Waals surface area contributed by atoms with E-state index in [-0.39, 0.29) is 17.3 Å². The Bertz CT molecular complexity index is 752. The number of amides is 1. The molecule has 1 aliphatic carbocycles. The van der Waals surface area contributed by atoms with Crippen LogP contribution in [-0.4, -0.2) is 38.9 Å². The van der Waals surface area contributed by atoms with Crippen molar-refractivity contribution in [3.8, 4) is 0 Å². The zero-order chi connectivity index (χ0) is 19.9. The average molecular weight is 393 g/mol. The van der Waals surface area contributed by atoms with Gasteiger partial charge in [-0.05, 0) is 55.7 Å². The lowest BCUT2D eigenvalue weighted by Gasteiger charge is -2.23. The molecule has 6 heteroatoms. The van der Waals surface area contributed by atoms with Crippen molar-refractivity contribution in [1.82, 2.24) is 9.62 Å². The third-order valence-corrected chi connectivity index (χ3v) is 6.54. The van der Waals surface area contributed by atoms with Gasteiger partial charge in [-0.1, -0.05) is 37.6 Å². The molecule has 0 bridgehead atoms. The van der Waals surface area contributed by atoms with Crippen LogP contribution in [0.5, 0.6) is 0 Å². The molecule has 0 spiro atoms. The van der Waals surface area contributed by atoms with Gasteiger partial charge in [0.25, 0.3) is 0 Å². The van der Waals surface area contributed by atoms with Gasteiger partial charge in [-0.2, -0.15) is 0 Å². The molecule has 1 N–H and O–H groups in total. The number of nitrogens with one attached hydrogen (secondary N) is 1. The number of sulfonamides is 1. The summed E-state index contributed by atoms with van der Waals surface area (Å²) in [7, 11) is -3.56. The van der Waals surface area contributed by atoms with E-state index in [2.05, 4.69) is 24.6 Å². The fraction of sp³-hybridized carbons (Fsp3) is 0.571. The highest BCUT2D eigenvalue weighted by molar-refractivity contribution is 7.89. The van der Waals surface area contributed by atoms with E-state index >= 15 is 0 Å². The van der Waals surface area contributed by atoms with E-state index in [4.69, 9.17) is 0 Å². The van der Waals surface area contributed by atoms with Gasteiger partial charge < -0.3 is 4.90 Å². The first-order valence-electron chi connectivity index (χ1n) is 9.82. The Morgan fingerprint density at radius 1 is 1.15 bits per heavy atom. The number of hydrogen-bond acceptors (Lipinski definition) is 3. The number of carbonyl (C=O) groups is 1. The first-order chi connectivity index (χ1) is 12.8. The van der Waals surface area contributed by atoms with Gasteiger partial charge >= 0.3 is 0 Å². The predicted molar refractivity (Wildman–Crippen MR) is 109 cm³/mol. The Hall–Kier alpha value is -1.66. The molecule has 0 unspecified atom stereocenters. The minimum absolute atomic E-state index is 0.0214. The molecule has 0 atom stereocenters. The molecule has 1 aromatic rings. The highest BCUT2D eigenvalue weighted by atomic mass is 32.2. The van der Waals surface area contributed by atoms with Gasteiger partial charge in [0, 0.05) is 26.6 Å². The van der Waals surface area contributed by atoms with E-state index in [0.717, 1.165) is 24.8 Å². The summed E-state index contributed by atoms with van der Waals surface area (Å²) in [5.41, 5.74) is 2.52. The van der Waals surface area contributed by atoms with E-state index in [9.17, 15) is 13.2 Å². The van der Waals surface area contributed by atoms with Crippen LogP contribution < -0.4 is 4.72 Å². The number of rotatable bonds is 9. The summed E-state index contributed by atoms with van der Waals surface area (Å²) < 4.78 is 27.5. The molecular weight excluding hydrogens is 360 g/mol. The van der Waals surface area contributed by atoms with E-state index in [1.54, 1.807) is 17.0 Å². The lowest BCUT2D eigenvalue weighted by molar-refractivity contribution is -0.128. The largest absolute Gasteiger partial charge is 0.341 e. The van der Waals surface area contributed by atoms with Gasteiger partial charge in [0.05, 0.1) is 4.90 Å². The first kappa shape index (κ1) is 21.6. The summed E-state index contributed by atoms with van der Waals surface area (Å²) in [5.74, 6) is 0.338. The maximum Gasteiger partial charge on any atom is 0.240 e. The standard InChI is InChI=1S/C21H32N2O3S/c1-17(2)20-9-11-21(12-10-20)27(25,26)22-14-16-23(18(3)24)15-13-19-7-5-4-6-8-19/h7,9-12,17,22H,4-6,8,13-16H2,1-3H3. The average Bonchev–Trinajstić information content (AvgIpc) is 2.65. The molecule has 1 aliphatic rings.